The van der Waals surface area contributed by atoms with Gasteiger partial charge in [-0.2, -0.15) is 0 Å². The number of aryl methyl sites for hydroxylation is 1. The molecule has 0 spiro atoms. The van der Waals surface area contributed by atoms with Gasteiger partial charge in [0.2, 0.25) is 0 Å². The van der Waals surface area contributed by atoms with Gasteiger partial charge in [-0.1, -0.05) is 30.3 Å². The molecule has 152 valence electrons. The highest BCUT2D eigenvalue weighted by molar-refractivity contribution is 5.62. The van der Waals surface area contributed by atoms with Crippen LogP contribution in [0.2, 0.25) is 0 Å². The van der Waals surface area contributed by atoms with Crippen LogP contribution in [0.3, 0.4) is 0 Å². The molecule has 0 amide bonds. The summed E-state index contributed by atoms with van der Waals surface area (Å²) in [6, 6.07) is 12.0. The SMILES string of the molecule is CC1=CC2C(C=C(N[C@H]3CC[C@@H](N)CC3)c3nnc(C)n32)N1Cc1ccccc1. The van der Waals surface area contributed by atoms with Crippen molar-refractivity contribution in [1.29, 1.82) is 0 Å². The van der Waals surface area contributed by atoms with E-state index in [2.05, 4.69) is 81.3 Å². The molecule has 1 aromatic heterocycles. The molecule has 3 heterocycles. The lowest BCUT2D eigenvalue weighted by atomic mass is 9.91. The van der Waals surface area contributed by atoms with Crippen molar-refractivity contribution in [3.63, 3.8) is 0 Å². The van der Waals surface area contributed by atoms with Crippen molar-refractivity contribution in [3.05, 3.63) is 65.4 Å². The largest absolute Gasteiger partial charge is 0.379 e. The molecule has 6 heteroatoms. The van der Waals surface area contributed by atoms with Crippen molar-refractivity contribution in [2.24, 2.45) is 5.73 Å². The van der Waals surface area contributed by atoms with E-state index in [0.29, 0.717) is 12.1 Å². The molecule has 2 aliphatic heterocycles. The Morgan fingerprint density at radius 2 is 1.76 bits per heavy atom. The molecule has 3 aliphatic rings. The molecule has 29 heavy (non-hydrogen) atoms. The predicted molar refractivity (Wildman–Crippen MR) is 115 cm³/mol. The maximum Gasteiger partial charge on any atom is 0.180 e. The molecule has 5 rings (SSSR count). The zero-order chi connectivity index (χ0) is 20.0. The van der Waals surface area contributed by atoms with Gasteiger partial charge in [0, 0.05) is 24.3 Å². The standard InChI is InChI=1S/C23H30N6/c1-15-12-22-21(28(15)14-17-6-4-3-5-7-17)13-20(23-27-26-16(2)29(22)23)25-19-10-8-18(24)9-11-19/h3-7,12-13,18-19,21-22,25H,8-11,14,24H2,1-2H3/t18-,19+,21?,22?. The van der Waals surface area contributed by atoms with E-state index in [1.807, 2.05) is 0 Å². The highest BCUT2D eigenvalue weighted by Gasteiger charge is 2.39. The maximum absolute atomic E-state index is 6.10. The third-order valence-corrected chi connectivity index (χ3v) is 6.64. The fourth-order valence-corrected chi connectivity index (χ4v) is 5.04. The third kappa shape index (κ3) is 3.35. The molecule has 0 bridgehead atoms. The van der Waals surface area contributed by atoms with E-state index in [-0.39, 0.29) is 12.1 Å². The summed E-state index contributed by atoms with van der Waals surface area (Å²) in [6.07, 6.45) is 9.14. The van der Waals surface area contributed by atoms with Crippen LogP contribution in [0.25, 0.3) is 5.70 Å². The van der Waals surface area contributed by atoms with Gasteiger partial charge >= 0.3 is 0 Å². The lowest BCUT2D eigenvalue weighted by Gasteiger charge is -2.36. The molecule has 3 N–H and O–H groups in total. The molecule has 1 aliphatic carbocycles. The zero-order valence-corrected chi connectivity index (χ0v) is 17.3. The van der Waals surface area contributed by atoms with Crippen molar-refractivity contribution < 1.29 is 0 Å². The van der Waals surface area contributed by atoms with Gasteiger partial charge in [0.1, 0.15) is 5.82 Å². The fourth-order valence-electron chi connectivity index (χ4n) is 5.04. The lowest BCUT2D eigenvalue weighted by molar-refractivity contribution is 0.266. The molecular formula is C23H30N6. The van der Waals surface area contributed by atoms with Gasteiger partial charge in [-0.3, -0.25) is 0 Å². The average Bonchev–Trinajstić information content (AvgIpc) is 3.25. The molecule has 1 aromatic carbocycles. The summed E-state index contributed by atoms with van der Waals surface area (Å²) in [5.41, 5.74) is 9.86. The minimum Gasteiger partial charge on any atom is -0.379 e. The van der Waals surface area contributed by atoms with E-state index in [0.717, 1.165) is 49.6 Å². The summed E-state index contributed by atoms with van der Waals surface area (Å²) in [5.74, 6) is 1.93. The molecule has 6 nitrogen and oxygen atoms in total. The number of nitrogens with one attached hydrogen (secondary N) is 1. The Labute approximate surface area is 172 Å². The van der Waals surface area contributed by atoms with Crippen molar-refractivity contribution in [1.82, 2.24) is 25.0 Å². The molecule has 2 unspecified atom stereocenters. The monoisotopic (exact) mass is 390 g/mol. The van der Waals surface area contributed by atoms with Crippen LogP contribution >= 0.6 is 0 Å². The Morgan fingerprint density at radius 1 is 1.00 bits per heavy atom. The van der Waals surface area contributed by atoms with Crippen LogP contribution in [0, 0.1) is 6.92 Å². The highest BCUT2D eigenvalue weighted by atomic mass is 15.3. The van der Waals surface area contributed by atoms with Gasteiger partial charge < -0.3 is 20.5 Å². The number of allylic oxidation sites excluding steroid dienone is 1. The van der Waals surface area contributed by atoms with Gasteiger partial charge in [0.15, 0.2) is 5.82 Å². The first-order chi connectivity index (χ1) is 14.1. The van der Waals surface area contributed by atoms with E-state index < -0.39 is 0 Å². The quantitative estimate of drug-likeness (QED) is 0.839. The Bertz CT molecular complexity index is 936. The van der Waals surface area contributed by atoms with Crippen LogP contribution in [-0.4, -0.2) is 37.8 Å². The summed E-state index contributed by atoms with van der Waals surface area (Å²) < 4.78 is 2.30. The number of aromatic nitrogens is 3. The number of rotatable bonds is 4. The molecule has 2 atom stereocenters. The molecule has 2 aromatic rings. The summed E-state index contributed by atoms with van der Waals surface area (Å²) in [5, 5.41) is 12.7. The minimum absolute atomic E-state index is 0.244. The zero-order valence-electron chi connectivity index (χ0n) is 17.3. The van der Waals surface area contributed by atoms with E-state index in [1.54, 1.807) is 0 Å². The predicted octanol–water partition coefficient (Wildman–Crippen LogP) is 3.13. The van der Waals surface area contributed by atoms with Crippen LogP contribution in [0.15, 0.2) is 48.2 Å². The maximum atomic E-state index is 6.10. The second-order valence-corrected chi connectivity index (χ2v) is 8.68. The third-order valence-electron chi connectivity index (χ3n) is 6.64. The van der Waals surface area contributed by atoms with Gasteiger partial charge in [-0.05, 0) is 57.2 Å². The van der Waals surface area contributed by atoms with Gasteiger partial charge in [-0.25, -0.2) is 0 Å². The van der Waals surface area contributed by atoms with Crippen LogP contribution < -0.4 is 11.1 Å². The molecule has 1 saturated carbocycles. The average molecular weight is 391 g/mol. The molecule has 0 saturated heterocycles. The van der Waals surface area contributed by atoms with E-state index in [9.17, 15) is 0 Å². The van der Waals surface area contributed by atoms with Crippen molar-refractivity contribution >= 4 is 5.70 Å². The molecule has 0 radical (unpaired) electrons. The van der Waals surface area contributed by atoms with Gasteiger partial charge in [0.25, 0.3) is 0 Å². The van der Waals surface area contributed by atoms with E-state index in [1.165, 1.54) is 11.3 Å². The Balaban J connectivity index is 1.45. The van der Waals surface area contributed by atoms with Gasteiger partial charge in [-0.15, -0.1) is 10.2 Å². The van der Waals surface area contributed by atoms with Crippen LogP contribution in [0.4, 0.5) is 0 Å². The Hall–Kier alpha value is -2.60. The van der Waals surface area contributed by atoms with Crippen LogP contribution in [-0.2, 0) is 6.54 Å². The summed E-state index contributed by atoms with van der Waals surface area (Å²) in [7, 11) is 0. The molecular weight excluding hydrogens is 360 g/mol. The number of nitrogens with two attached hydrogens (primary N) is 1. The number of hydrogen-bond donors (Lipinski definition) is 2. The first kappa shape index (κ1) is 18.4. The number of nitrogens with zero attached hydrogens (tertiary/aromatic N) is 4. The topological polar surface area (TPSA) is 72.0 Å². The van der Waals surface area contributed by atoms with Crippen molar-refractivity contribution in [3.8, 4) is 0 Å². The normalized spacial score (nSPS) is 28.4. The first-order valence-corrected chi connectivity index (χ1v) is 10.7. The number of fused-ring (bicyclic) bond motifs is 3. The summed E-state index contributed by atoms with van der Waals surface area (Å²) >= 11 is 0. The van der Waals surface area contributed by atoms with Crippen LogP contribution in [0.5, 0.6) is 0 Å². The second-order valence-electron chi connectivity index (χ2n) is 8.68. The fraction of sp³-hybridized carbons (Fsp3) is 0.478. The van der Waals surface area contributed by atoms with Crippen molar-refractivity contribution in [2.75, 3.05) is 0 Å². The summed E-state index contributed by atoms with van der Waals surface area (Å²) in [6.45, 7) is 5.17. The lowest BCUT2D eigenvalue weighted by Crippen LogP contribution is -2.41. The van der Waals surface area contributed by atoms with Crippen molar-refractivity contribution in [2.45, 2.75) is 70.2 Å². The first-order valence-electron chi connectivity index (χ1n) is 10.7. The highest BCUT2D eigenvalue weighted by Crippen LogP contribution is 2.39. The molecule has 1 fully saturated rings. The number of benzene rings is 1. The van der Waals surface area contributed by atoms with Gasteiger partial charge in [0.05, 0.1) is 17.8 Å². The van der Waals surface area contributed by atoms with E-state index in [4.69, 9.17) is 5.73 Å². The minimum atomic E-state index is 0.244. The Kier molecular flexibility index (Phi) is 4.66. The number of hydrogen-bond acceptors (Lipinski definition) is 5. The Morgan fingerprint density at radius 3 is 2.52 bits per heavy atom. The van der Waals surface area contributed by atoms with Crippen LogP contribution in [0.1, 0.15) is 55.9 Å². The second kappa shape index (κ2) is 7.34. The van der Waals surface area contributed by atoms with E-state index >= 15 is 0 Å². The summed E-state index contributed by atoms with van der Waals surface area (Å²) in [4.78, 5) is 2.50. The smallest absolute Gasteiger partial charge is 0.180 e.